The molecule has 1 aromatic heterocycles. The van der Waals surface area contributed by atoms with Gasteiger partial charge in [0.15, 0.2) is 5.13 Å². The smallest absolute Gasteiger partial charge is 0.251 e. The normalized spacial score (nSPS) is 28.6. The van der Waals surface area contributed by atoms with Gasteiger partial charge in [0.25, 0.3) is 5.91 Å². The SMILES string of the molecule is COC[C@@H]1[C@H](NC(=O)c2cc(C)c3nc(N)sc3c2)[C@@H]2CCO[C@H]12. The number of nitrogen functional groups attached to an aromatic ring is 1. The van der Waals surface area contributed by atoms with E-state index in [0.717, 1.165) is 28.8 Å². The van der Waals surface area contributed by atoms with Crippen LogP contribution in [0.4, 0.5) is 5.13 Å². The van der Waals surface area contributed by atoms with Crippen LogP contribution in [0.5, 0.6) is 0 Å². The molecule has 2 aliphatic rings. The fourth-order valence-electron chi connectivity index (χ4n) is 4.01. The van der Waals surface area contributed by atoms with Crippen LogP contribution < -0.4 is 11.1 Å². The lowest BCUT2D eigenvalue weighted by Crippen LogP contribution is -2.62. The molecule has 1 saturated carbocycles. The molecule has 128 valence electrons. The fourth-order valence-corrected chi connectivity index (χ4v) is 4.87. The quantitative estimate of drug-likeness (QED) is 0.883. The van der Waals surface area contributed by atoms with Crippen LogP contribution in [0.15, 0.2) is 12.1 Å². The van der Waals surface area contributed by atoms with Gasteiger partial charge in [-0.15, -0.1) is 0 Å². The molecular weight excluding hydrogens is 326 g/mol. The molecule has 4 atom stereocenters. The van der Waals surface area contributed by atoms with E-state index in [0.29, 0.717) is 23.2 Å². The molecule has 1 amide bonds. The summed E-state index contributed by atoms with van der Waals surface area (Å²) in [6.45, 7) is 3.33. The van der Waals surface area contributed by atoms with E-state index in [4.69, 9.17) is 15.2 Å². The van der Waals surface area contributed by atoms with Gasteiger partial charge in [0.1, 0.15) is 0 Å². The number of nitrogens with zero attached hydrogens (tertiary/aromatic N) is 1. The molecule has 4 rings (SSSR count). The maximum atomic E-state index is 12.7. The first kappa shape index (κ1) is 15.8. The Balaban J connectivity index is 1.55. The number of thiazole rings is 1. The number of carbonyl (C=O) groups excluding carboxylic acids is 1. The van der Waals surface area contributed by atoms with E-state index in [2.05, 4.69) is 10.3 Å². The number of fused-ring (bicyclic) bond motifs is 2. The van der Waals surface area contributed by atoms with Gasteiger partial charge in [-0.05, 0) is 31.0 Å². The van der Waals surface area contributed by atoms with E-state index in [9.17, 15) is 4.79 Å². The standard InChI is InChI=1S/C17H21N3O3S/c1-8-5-9(6-12-13(8)20-17(18)24-12)16(21)19-14-10-3-4-23-15(10)11(14)7-22-2/h5-6,10-11,14-15H,3-4,7H2,1-2H3,(H2,18,20)(H,19,21)/t10-,11+,14+,15-/m0/s1. The summed E-state index contributed by atoms with van der Waals surface area (Å²) < 4.78 is 12.0. The Labute approximate surface area is 144 Å². The van der Waals surface area contributed by atoms with Crippen molar-refractivity contribution in [2.24, 2.45) is 11.8 Å². The summed E-state index contributed by atoms with van der Waals surface area (Å²) in [5.41, 5.74) is 8.28. The summed E-state index contributed by atoms with van der Waals surface area (Å²) in [5, 5.41) is 3.72. The Bertz CT molecular complexity index is 791. The number of carbonyl (C=O) groups is 1. The molecule has 1 aliphatic heterocycles. The molecule has 24 heavy (non-hydrogen) atoms. The van der Waals surface area contributed by atoms with Crippen LogP contribution in [-0.4, -0.2) is 43.4 Å². The second kappa shape index (κ2) is 5.98. The van der Waals surface area contributed by atoms with Crippen LogP contribution in [0.3, 0.4) is 0 Å². The zero-order valence-electron chi connectivity index (χ0n) is 13.7. The number of anilines is 1. The first-order chi connectivity index (χ1) is 11.6. The van der Waals surface area contributed by atoms with Crippen LogP contribution in [0.2, 0.25) is 0 Å². The lowest BCUT2D eigenvalue weighted by molar-refractivity contribution is -0.0809. The maximum Gasteiger partial charge on any atom is 0.251 e. The molecule has 2 fully saturated rings. The molecule has 7 heteroatoms. The number of amides is 1. The molecule has 1 aromatic carbocycles. The van der Waals surface area contributed by atoms with Crippen LogP contribution in [0, 0.1) is 18.8 Å². The number of methoxy groups -OCH3 is 1. The van der Waals surface area contributed by atoms with Gasteiger partial charge < -0.3 is 20.5 Å². The predicted octanol–water partition coefficient (Wildman–Crippen LogP) is 1.97. The summed E-state index contributed by atoms with van der Waals surface area (Å²) >= 11 is 1.41. The molecule has 0 radical (unpaired) electrons. The molecule has 1 aliphatic carbocycles. The minimum absolute atomic E-state index is 0.0524. The van der Waals surface area contributed by atoms with Gasteiger partial charge in [0.05, 0.1) is 22.9 Å². The monoisotopic (exact) mass is 347 g/mol. The lowest BCUT2D eigenvalue weighted by atomic mass is 9.67. The second-order valence-electron chi connectivity index (χ2n) is 6.60. The van der Waals surface area contributed by atoms with Crippen LogP contribution in [0.25, 0.3) is 10.2 Å². The minimum Gasteiger partial charge on any atom is -0.384 e. The van der Waals surface area contributed by atoms with Crippen molar-refractivity contribution in [3.05, 3.63) is 23.3 Å². The minimum atomic E-state index is -0.0524. The van der Waals surface area contributed by atoms with Gasteiger partial charge in [-0.3, -0.25) is 4.79 Å². The van der Waals surface area contributed by atoms with Crippen molar-refractivity contribution in [3.8, 4) is 0 Å². The van der Waals surface area contributed by atoms with Crippen LogP contribution in [-0.2, 0) is 9.47 Å². The molecule has 0 bridgehead atoms. The zero-order chi connectivity index (χ0) is 16.8. The number of benzene rings is 1. The average molecular weight is 347 g/mol. The highest BCUT2D eigenvalue weighted by molar-refractivity contribution is 7.22. The van der Waals surface area contributed by atoms with Gasteiger partial charge in [-0.1, -0.05) is 11.3 Å². The number of nitrogens with two attached hydrogens (primary N) is 1. The summed E-state index contributed by atoms with van der Waals surface area (Å²) in [4.78, 5) is 17.1. The molecule has 3 N–H and O–H groups in total. The topological polar surface area (TPSA) is 86.5 Å². The van der Waals surface area contributed by atoms with Crippen molar-refractivity contribution in [2.75, 3.05) is 26.1 Å². The average Bonchev–Trinajstić information content (AvgIpc) is 3.13. The highest BCUT2D eigenvalue weighted by atomic mass is 32.1. The van der Waals surface area contributed by atoms with E-state index in [-0.39, 0.29) is 24.0 Å². The van der Waals surface area contributed by atoms with E-state index in [1.165, 1.54) is 11.3 Å². The number of aromatic nitrogens is 1. The highest BCUT2D eigenvalue weighted by Gasteiger charge is 2.54. The summed E-state index contributed by atoms with van der Waals surface area (Å²) in [7, 11) is 1.69. The Hall–Kier alpha value is -1.70. The Morgan fingerprint density at radius 2 is 2.38 bits per heavy atom. The Morgan fingerprint density at radius 1 is 1.54 bits per heavy atom. The molecule has 0 unspecified atom stereocenters. The summed E-state index contributed by atoms with van der Waals surface area (Å²) in [6.07, 6.45) is 1.22. The van der Waals surface area contributed by atoms with Crippen molar-refractivity contribution < 1.29 is 14.3 Å². The number of nitrogens with one attached hydrogen (secondary N) is 1. The van der Waals surface area contributed by atoms with Crippen molar-refractivity contribution in [3.63, 3.8) is 0 Å². The third-order valence-corrected chi connectivity index (χ3v) is 5.98. The second-order valence-corrected chi connectivity index (χ2v) is 7.66. The van der Waals surface area contributed by atoms with Crippen molar-refractivity contribution in [1.82, 2.24) is 10.3 Å². The van der Waals surface area contributed by atoms with Gasteiger partial charge >= 0.3 is 0 Å². The lowest BCUT2D eigenvalue weighted by Gasteiger charge is -2.47. The Kier molecular flexibility index (Phi) is 3.94. The number of ether oxygens (including phenoxy) is 2. The zero-order valence-corrected chi connectivity index (χ0v) is 14.6. The predicted molar refractivity (Wildman–Crippen MR) is 93.2 cm³/mol. The van der Waals surface area contributed by atoms with E-state index in [1.807, 2.05) is 19.1 Å². The van der Waals surface area contributed by atoms with Gasteiger partial charge in [-0.25, -0.2) is 4.98 Å². The first-order valence-corrected chi connectivity index (χ1v) is 8.98. The van der Waals surface area contributed by atoms with Crippen molar-refractivity contribution in [2.45, 2.75) is 25.5 Å². The molecule has 0 spiro atoms. The Morgan fingerprint density at radius 3 is 3.17 bits per heavy atom. The molecule has 2 heterocycles. The van der Waals surface area contributed by atoms with Gasteiger partial charge in [0, 0.05) is 37.2 Å². The van der Waals surface area contributed by atoms with Gasteiger partial charge in [-0.2, -0.15) is 0 Å². The summed E-state index contributed by atoms with van der Waals surface area (Å²) in [6, 6.07) is 3.87. The number of hydrogen-bond acceptors (Lipinski definition) is 6. The van der Waals surface area contributed by atoms with Crippen molar-refractivity contribution >= 4 is 32.6 Å². The fraction of sp³-hybridized carbons (Fsp3) is 0.529. The van der Waals surface area contributed by atoms with E-state index in [1.54, 1.807) is 7.11 Å². The first-order valence-electron chi connectivity index (χ1n) is 8.16. The highest BCUT2D eigenvalue weighted by Crippen LogP contribution is 2.43. The molecule has 6 nitrogen and oxygen atoms in total. The van der Waals surface area contributed by atoms with Gasteiger partial charge in [0.2, 0.25) is 0 Å². The number of aryl methyl sites for hydroxylation is 1. The largest absolute Gasteiger partial charge is 0.384 e. The maximum absolute atomic E-state index is 12.7. The van der Waals surface area contributed by atoms with E-state index >= 15 is 0 Å². The third-order valence-electron chi connectivity index (χ3n) is 5.15. The molecular formula is C17H21N3O3S. The summed E-state index contributed by atoms with van der Waals surface area (Å²) in [5.74, 6) is 0.580. The number of rotatable bonds is 4. The number of hydrogen-bond donors (Lipinski definition) is 2. The molecule has 1 saturated heterocycles. The third kappa shape index (κ3) is 2.47. The van der Waals surface area contributed by atoms with E-state index < -0.39 is 0 Å². The van der Waals surface area contributed by atoms with Crippen LogP contribution >= 0.6 is 11.3 Å². The van der Waals surface area contributed by atoms with Crippen LogP contribution in [0.1, 0.15) is 22.3 Å². The van der Waals surface area contributed by atoms with Crippen molar-refractivity contribution in [1.29, 1.82) is 0 Å². The molecule has 2 aromatic rings.